The van der Waals surface area contributed by atoms with Gasteiger partial charge in [0.1, 0.15) is 0 Å². The highest BCUT2D eigenvalue weighted by Crippen LogP contribution is 2.19. The Balaban J connectivity index is 2.11. The van der Waals surface area contributed by atoms with Crippen molar-refractivity contribution in [2.24, 2.45) is 0 Å². The van der Waals surface area contributed by atoms with Gasteiger partial charge in [0.25, 0.3) is 11.8 Å². The molecule has 22 heavy (non-hydrogen) atoms. The van der Waals surface area contributed by atoms with Crippen molar-refractivity contribution in [1.82, 2.24) is 5.32 Å². The van der Waals surface area contributed by atoms with E-state index < -0.39 is 11.7 Å². The first-order chi connectivity index (χ1) is 10.5. The number of carbonyl (C=O) groups excluding carboxylic acids is 2. The molecule has 0 fully saturated rings. The first-order valence-corrected chi connectivity index (χ1v) is 6.52. The number of rotatable bonds is 4. The summed E-state index contributed by atoms with van der Waals surface area (Å²) in [5.41, 5.74) is 1.17. The summed E-state index contributed by atoms with van der Waals surface area (Å²) in [5.74, 6) is -1.19. The zero-order chi connectivity index (χ0) is 16.1. The van der Waals surface area contributed by atoms with E-state index in [1.54, 1.807) is 24.3 Å². The molecule has 2 N–H and O–H groups in total. The van der Waals surface area contributed by atoms with E-state index in [-0.39, 0.29) is 17.2 Å². The lowest BCUT2D eigenvalue weighted by molar-refractivity contribution is 0.0962. The van der Waals surface area contributed by atoms with Gasteiger partial charge in [0.05, 0.1) is 7.11 Å². The number of hydrogen-bond donors (Lipinski definition) is 2. The number of anilines is 1. The minimum absolute atomic E-state index is 0.0754. The SMILES string of the molecule is CNC(=O)c1ccc(NC(=O)c2ccc(OC)c(F)c2)cc1. The molecule has 5 nitrogen and oxygen atoms in total. The van der Waals surface area contributed by atoms with Gasteiger partial charge in [0.15, 0.2) is 11.6 Å². The largest absolute Gasteiger partial charge is 0.494 e. The van der Waals surface area contributed by atoms with Crippen molar-refractivity contribution in [2.75, 3.05) is 19.5 Å². The highest BCUT2D eigenvalue weighted by atomic mass is 19.1. The highest BCUT2D eigenvalue weighted by Gasteiger charge is 2.11. The van der Waals surface area contributed by atoms with Gasteiger partial charge in [-0.1, -0.05) is 0 Å². The van der Waals surface area contributed by atoms with Crippen molar-refractivity contribution < 1.29 is 18.7 Å². The van der Waals surface area contributed by atoms with Crippen LogP contribution in [0.3, 0.4) is 0 Å². The molecule has 0 bridgehead atoms. The Kier molecular flexibility index (Phi) is 4.73. The van der Waals surface area contributed by atoms with Crippen LogP contribution in [0.25, 0.3) is 0 Å². The van der Waals surface area contributed by atoms with Gasteiger partial charge in [0, 0.05) is 23.9 Å². The van der Waals surface area contributed by atoms with Crippen molar-refractivity contribution in [3.63, 3.8) is 0 Å². The molecule has 0 saturated heterocycles. The molecule has 0 atom stereocenters. The topological polar surface area (TPSA) is 67.4 Å². The van der Waals surface area contributed by atoms with Gasteiger partial charge in [0.2, 0.25) is 0 Å². The predicted molar refractivity (Wildman–Crippen MR) is 80.7 cm³/mol. The third-order valence-corrected chi connectivity index (χ3v) is 3.05. The molecule has 2 rings (SSSR count). The number of nitrogens with one attached hydrogen (secondary N) is 2. The number of amides is 2. The van der Waals surface area contributed by atoms with Crippen LogP contribution in [-0.2, 0) is 0 Å². The van der Waals surface area contributed by atoms with E-state index in [0.29, 0.717) is 11.3 Å². The van der Waals surface area contributed by atoms with E-state index in [0.717, 1.165) is 6.07 Å². The Morgan fingerprint density at radius 1 is 1.00 bits per heavy atom. The zero-order valence-electron chi connectivity index (χ0n) is 12.1. The van der Waals surface area contributed by atoms with Gasteiger partial charge in [-0.3, -0.25) is 9.59 Å². The molecule has 0 saturated carbocycles. The summed E-state index contributed by atoms with van der Waals surface area (Å²) < 4.78 is 18.4. The van der Waals surface area contributed by atoms with Gasteiger partial charge in [-0.15, -0.1) is 0 Å². The fourth-order valence-corrected chi connectivity index (χ4v) is 1.86. The van der Waals surface area contributed by atoms with Crippen LogP contribution < -0.4 is 15.4 Å². The van der Waals surface area contributed by atoms with E-state index in [9.17, 15) is 14.0 Å². The summed E-state index contributed by atoms with van der Waals surface area (Å²) in [6, 6.07) is 10.3. The van der Waals surface area contributed by atoms with Crippen molar-refractivity contribution in [3.05, 3.63) is 59.4 Å². The first-order valence-electron chi connectivity index (χ1n) is 6.52. The highest BCUT2D eigenvalue weighted by molar-refractivity contribution is 6.04. The summed E-state index contributed by atoms with van der Waals surface area (Å²) in [4.78, 5) is 23.5. The summed E-state index contributed by atoms with van der Waals surface area (Å²) in [6.45, 7) is 0. The molecule has 0 unspecified atom stereocenters. The molecule has 0 spiro atoms. The Hall–Kier alpha value is -2.89. The number of methoxy groups -OCH3 is 1. The summed E-state index contributed by atoms with van der Waals surface area (Å²) >= 11 is 0. The lowest BCUT2D eigenvalue weighted by atomic mass is 10.1. The number of benzene rings is 2. The maximum Gasteiger partial charge on any atom is 0.255 e. The molecular weight excluding hydrogens is 287 g/mol. The van der Waals surface area contributed by atoms with Gasteiger partial charge in [-0.05, 0) is 42.5 Å². The van der Waals surface area contributed by atoms with Crippen molar-refractivity contribution in [1.29, 1.82) is 0 Å². The lowest BCUT2D eigenvalue weighted by Gasteiger charge is -2.08. The molecular formula is C16H15FN2O3. The first kappa shape index (κ1) is 15.5. The Morgan fingerprint density at radius 3 is 2.18 bits per heavy atom. The van der Waals surface area contributed by atoms with Crippen LogP contribution in [0.4, 0.5) is 10.1 Å². The number of hydrogen-bond acceptors (Lipinski definition) is 3. The average Bonchev–Trinajstić information content (AvgIpc) is 2.54. The maximum atomic E-state index is 13.6. The van der Waals surface area contributed by atoms with E-state index >= 15 is 0 Å². The van der Waals surface area contributed by atoms with E-state index in [2.05, 4.69) is 10.6 Å². The molecule has 2 aromatic rings. The van der Waals surface area contributed by atoms with Gasteiger partial charge in [-0.2, -0.15) is 0 Å². The molecule has 6 heteroatoms. The number of ether oxygens (including phenoxy) is 1. The predicted octanol–water partition coefficient (Wildman–Crippen LogP) is 2.45. The zero-order valence-corrected chi connectivity index (χ0v) is 12.1. The molecule has 0 aliphatic carbocycles. The minimum Gasteiger partial charge on any atom is -0.494 e. The fourth-order valence-electron chi connectivity index (χ4n) is 1.86. The van der Waals surface area contributed by atoms with Crippen molar-refractivity contribution in [3.8, 4) is 5.75 Å². The third kappa shape index (κ3) is 3.41. The van der Waals surface area contributed by atoms with Gasteiger partial charge in [-0.25, -0.2) is 4.39 Å². The molecule has 0 aliphatic heterocycles. The fraction of sp³-hybridized carbons (Fsp3) is 0.125. The van der Waals surface area contributed by atoms with E-state index in [1.165, 1.54) is 26.3 Å². The van der Waals surface area contributed by atoms with Gasteiger partial charge < -0.3 is 15.4 Å². The standard InChI is InChI=1S/C16H15FN2O3/c1-18-15(20)10-3-6-12(7-4-10)19-16(21)11-5-8-14(22-2)13(17)9-11/h3-9H,1-2H3,(H,18,20)(H,19,21). The Morgan fingerprint density at radius 2 is 1.64 bits per heavy atom. The van der Waals surface area contributed by atoms with Crippen LogP contribution in [0.2, 0.25) is 0 Å². The molecule has 114 valence electrons. The average molecular weight is 302 g/mol. The minimum atomic E-state index is -0.606. The Bertz CT molecular complexity index is 699. The smallest absolute Gasteiger partial charge is 0.255 e. The van der Waals surface area contributed by atoms with Crippen LogP contribution in [0.5, 0.6) is 5.75 Å². The van der Waals surface area contributed by atoms with Crippen LogP contribution in [0.1, 0.15) is 20.7 Å². The second kappa shape index (κ2) is 6.71. The molecule has 0 aliphatic rings. The quantitative estimate of drug-likeness (QED) is 0.911. The normalized spacial score (nSPS) is 9.95. The summed E-state index contributed by atoms with van der Waals surface area (Å²) in [6.07, 6.45) is 0. The molecule has 2 amide bonds. The van der Waals surface area contributed by atoms with Crippen molar-refractivity contribution in [2.45, 2.75) is 0 Å². The molecule has 2 aromatic carbocycles. The van der Waals surface area contributed by atoms with Crippen molar-refractivity contribution >= 4 is 17.5 Å². The monoisotopic (exact) mass is 302 g/mol. The van der Waals surface area contributed by atoms with E-state index in [4.69, 9.17) is 4.74 Å². The van der Waals surface area contributed by atoms with Crippen LogP contribution in [-0.4, -0.2) is 26.0 Å². The van der Waals surface area contributed by atoms with Gasteiger partial charge >= 0.3 is 0 Å². The maximum absolute atomic E-state index is 13.6. The summed E-state index contributed by atoms with van der Waals surface area (Å²) in [5, 5.41) is 5.13. The third-order valence-electron chi connectivity index (χ3n) is 3.05. The number of carbonyl (C=O) groups is 2. The molecule has 0 heterocycles. The molecule has 0 aromatic heterocycles. The van der Waals surface area contributed by atoms with E-state index in [1.807, 2.05) is 0 Å². The van der Waals surface area contributed by atoms with Crippen LogP contribution in [0, 0.1) is 5.82 Å². The second-order valence-corrected chi connectivity index (χ2v) is 4.46. The van der Waals surface area contributed by atoms with Crippen LogP contribution in [0.15, 0.2) is 42.5 Å². The lowest BCUT2D eigenvalue weighted by Crippen LogP contribution is -2.18. The Labute approximate surface area is 127 Å². The molecule has 0 radical (unpaired) electrons. The second-order valence-electron chi connectivity index (χ2n) is 4.46. The summed E-state index contributed by atoms with van der Waals surface area (Å²) in [7, 11) is 2.89. The number of halogens is 1. The van der Waals surface area contributed by atoms with Crippen LogP contribution >= 0.6 is 0 Å².